The van der Waals surface area contributed by atoms with Crippen molar-refractivity contribution in [1.29, 1.82) is 0 Å². The first-order valence-corrected chi connectivity index (χ1v) is 5.59. The van der Waals surface area contributed by atoms with Gasteiger partial charge in [0, 0.05) is 0 Å². The predicted octanol–water partition coefficient (Wildman–Crippen LogP) is 1.85. The molecule has 1 aliphatic carbocycles. The van der Waals surface area contributed by atoms with Gasteiger partial charge in [0.1, 0.15) is 6.04 Å². The number of rotatable bonds is 2. The standard InChI is InChI=1S/C11H21NO2/c1-14-11(13)10(12)9-7-5-3-2-4-6-8-9/h9-10H,2-8,12H2,1H3. The Kier molecular flexibility index (Phi) is 4.94. The van der Waals surface area contributed by atoms with Gasteiger partial charge in [0.25, 0.3) is 0 Å². The fourth-order valence-electron chi connectivity index (χ4n) is 2.18. The summed E-state index contributed by atoms with van der Waals surface area (Å²) in [5, 5.41) is 0. The zero-order chi connectivity index (χ0) is 10.4. The molecule has 1 saturated carbocycles. The maximum Gasteiger partial charge on any atom is 0.322 e. The monoisotopic (exact) mass is 199 g/mol. The van der Waals surface area contributed by atoms with Gasteiger partial charge in [-0.25, -0.2) is 0 Å². The second-order valence-corrected chi connectivity index (χ2v) is 4.15. The Labute approximate surface area is 86.0 Å². The van der Waals surface area contributed by atoms with E-state index in [1.54, 1.807) is 0 Å². The van der Waals surface area contributed by atoms with Gasteiger partial charge >= 0.3 is 5.97 Å². The van der Waals surface area contributed by atoms with Crippen molar-refractivity contribution in [2.75, 3.05) is 7.11 Å². The number of methoxy groups -OCH3 is 1. The van der Waals surface area contributed by atoms with Gasteiger partial charge in [-0.2, -0.15) is 0 Å². The SMILES string of the molecule is COC(=O)C(N)C1CCCCCCC1. The quantitative estimate of drug-likeness (QED) is 0.690. The van der Waals surface area contributed by atoms with Crippen LogP contribution in [-0.4, -0.2) is 19.1 Å². The first-order chi connectivity index (χ1) is 6.75. The third-order valence-electron chi connectivity index (χ3n) is 3.13. The molecule has 0 heterocycles. The van der Waals surface area contributed by atoms with Crippen molar-refractivity contribution in [3.8, 4) is 0 Å². The maximum atomic E-state index is 11.3. The summed E-state index contributed by atoms with van der Waals surface area (Å²) >= 11 is 0. The van der Waals surface area contributed by atoms with Crippen LogP contribution in [0.1, 0.15) is 44.9 Å². The van der Waals surface area contributed by atoms with Gasteiger partial charge < -0.3 is 10.5 Å². The lowest BCUT2D eigenvalue weighted by atomic mass is 9.86. The molecule has 14 heavy (non-hydrogen) atoms. The van der Waals surface area contributed by atoms with Crippen LogP contribution in [0, 0.1) is 5.92 Å². The van der Waals surface area contributed by atoms with Crippen molar-refractivity contribution in [1.82, 2.24) is 0 Å². The van der Waals surface area contributed by atoms with Crippen molar-refractivity contribution >= 4 is 5.97 Å². The van der Waals surface area contributed by atoms with E-state index in [0.717, 1.165) is 12.8 Å². The van der Waals surface area contributed by atoms with Crippen molar-refractivity contribution in [2.24, 2.45) is 11.7 Å². The van der Waals surface area contributed by atoms with Crippen LogP contribution >= 0.6 is 0 Å². The Balaban J connectivity index is 2.42. The minimum atomic E-state index is -0.405. The van der Waals surface area contributed by atoms with E-state index in [0.29, 0.717) is 5.92 Å². The zero-order valence-corrected chi connectivity index (χ0v) is 9.00. The number of hydrogen-bond donors (Lipinski definition) is 1. The lowest BCUT2D eigenvalue weighted by molar-refractivity contribution is -0.143. The summed E-state index contributed by atoms with van der Waals surface area (Å²) in [7, 11) is 1.41. The Morgan fingerprint density at radius 3 is 2.21 bits per heavy atom. The van der Waals surface area contributed by atoms with Crippen LogP contribution in [-0.2, 0) is 9.53 Å². The van der Waals surface area contributed by atoms with E-state index in [-0.39, 0.29) is 5.97 Å². The normalized spacial score (nSPS) is 22.1. The minimum Gasteiger partial charge on any atom is -0.468 e. The number of ether oxygens (including phenoxy) is 1. The molecule has 1 rings (SSSR count). The molecule has 0 saturated heterocycles. The third-order valence-corrected chi connectivity index (χ3v) is 3.13. The Bertz CT molecular complexity index is 174. The van der Waals surface area contributed by atoms with Gasteiger partial charge in [-0.05, 0) is 18.8 Å². The van der Waals surface area contributed by atoms with Crippen LogP contribution in [0.3, 0.4) is 0 Å². The summed E-state index contributed by atoms with van der Waals surface area (Å²) < 4.78 is 4.67. The highest BCUT2D eigenvalue weighted by atomic mass is 16.5. The molecule has 2 N–H and O–H groups in total. The first kappa shape index (κ1) is 11.5. The van der Waals surface area contributed by atoms with Crippen molar-refractivity contribution < 1.29 is 9.53 Å². The highest BCUT2D eigenvalue weighted by Gasteiger charge is 2.25. The molecular weight excluding hydrogens is 178 g/mol. The number of hydrogen-bond acceptors (Lipinski definition) is 3. The van der Waals surface area contributed by atoms with E-state index in [1.807, 2.05) is 0 Å². The van der Waals surface area contributed by atoms with Crippen LogP contribution < -0.4 is 5.73 Å². The Morgan fingerprint density at radius 2 is 1.71 bits per heavy atom. The summed E-state index contributed by atoms with van der Waals surface area (Å²) in [5.74, 6) is 0.0818. The summed E-state index contributed by atoms with van der Waals surface area (Å²) in [6, 6.07) is -0.405. The Hall–Kier alpha value is -0.570. The van der Waals surface area contributed by atoms with E-state index in [4.69, 9.17) is 5.73 Å². The molecule has 3 heteroatoms. The number of nitrogens with two attached hydrogens (primary N) is 1. The largest absolute Gasteiger partial charge is 0.468 e. The first-order valence-electron chi connectivity index (χ1n) is 5.59. The van der Waals surface area contributed by atoms with Gasteiger partial charge in [0.15, 0.2) is 0 Å². The van der Waals surface area contributed by atoms with E-state index in [1.165, 1.54) is 39.2 Å². The molecule has 1 fully saturated rings. The predicted molar refractivity (Wildman–Crippen MR) is 55.8 cm³/mol. The van der Waals surface area contributed by atoms with Gasteiger partial charge in [0.05, 0.1) is 7.11 Å². The van der Waals surface area contributed by atoms with Crippen LogP contribution in [0.2, 0.25) is 0 Å². The second-order valence-electron chi connectivity index (χ2n) is 4.15. The topological polar surface area (TPSA) is 52.3 Å². The van der Waals surface area contributed by atoms with Gasteiger partial charge in [0.2, 0.25) is 0 Å². The lowest BCUT2D eigenvalue weighted by Crippen LogP contribution is -2.39. The molecule has 0 aromatic heterocycles. The average molecular weight is 199 g/mol. The molecule has 0 amide bonds. The molecule has 0 bridgehead atoms. The van der Waals surface area contributed by atoms with Crippen molar-refractivity contribution in [3.63, 3.8) is 0 Å². The van der Waals surface area contributed by atoms with Crippen LogP contribution in [0.5, 0.6) is 0 Å². The summed E-state index contributed by atoms with van der Waals surface area (Å²) in [6.45, 7) is 0. The maximum absolute atomic E-state index is 11.3. The highest BCUT2D eigenvalue weighted by Crippen LogP contribution is 2.24. The molecule has 0 aromatic rings. The Morgan fingerprint density at radius 1 is 1.21 bits per heavy atom. The molecule has 1 aliphatic rings. The highest BCUT2D eigenvalue weighted by molar-refractivity contribution is 5.75. The zero-order valence-electron chi connectivity index (χ0n) is 9.00. The summed E-state index contributed by atoms with van der Waals surface area (Å²) in [6.07, 6.45) is 8.46. The average Bonchev–Trinajstić information content (AvgIpc) is 2.15. The minimum absolute atomic E-state index is 0.254. The third kappa shape index (κ3) is 3.29. The van der Waals surface area contributed by atoms with Crippen LogP contribution in [0.25, 0.3) is 0 Å². The fraction of sp³-hybridized carbons (Fsp3) is 0.909. The molecule has 0 aliphatic heterocycles. The molecule has 1 atom stereocenters. The lowest BCUT2D eigenvalue weighted by Gasteiger charge is -2.23. The molecule has 0 aromatic carbocycles. The molecular formula is C11H21NO2. The number of esters is 1. The summed E-state index contributed by atoms with van der Waals surface area (Å²) in [5.41, 5.74) is 5.85. The molecule has 82 valence electrons. The fourth-order valence-corrected chi connectivity index (χ4v) is 2.18. The smallest absolute Gasteiger partial charge is 0.322 e. The molecule has 0 radical (unpaired) electrons. The van der Waals surface area contributed by atoms with E-state index in [2.05, 4.69) is 4.74 Å². The molecule has 3 nitrogen and oxygen atoms in total. The second kappa shape index (κ2) is 6.02. The van der Waals surface area contributed by atoms with E-state index < -0.39 is 6.04 Å². The van der Waals surface area contributed by atoms with Crippen molar-refractivity contribution in [2.45, 2.75) is 51.0 Å². The van der Waals surface area contributed by atoms with Crippen LogP contribution in [0.4, 0.5) is 0 Å². The molecule has 1 unspecified atom stereocenters. The van der Waals surface area contributed by atoms with Gasteiger partial charge in [-0.1, -0.05) is 32.1 Å². The van der Waals surface area contributed by atoms with E-state index >= 15 is 0 Å². The van der Waals surface area contributed by atoms with Crippen LogP contribution in [0.15, 0.2) is 0 Å². The van der Waals surface area contributed by atoms with Gasteiger partial charge in [-0.3, -0.25) is 4.79 Å². The number of carbonyl (C=O) groups excluding carboxylic acids is 1. The summed E-state index contributed by atoms with van der Waals surface area (Å²) in [4.78, 5) is 11.3. The number of carbonyl (C=O) groups is 1. The van der Waals surface area contributed by atoms with Gasteiger partial charge in [-0.15, -0.1) is 0 Å². The molecule has 0 spiro atoms. The van der Waals surface area contributed by atoms with E-state index in [9.17, 15) is 4.79 Å². The van der Waals surface area contributed by atoms with Crippen molar-refractivity contribution in [3.05, 3.63) is 0 Å².